The van der Waals surface area contributed by atoms with Gasteiger partial charge in [0.25, 0.3) is 0 Å². The summed E-state index contributed by atoms with van der Waals surface area (Å²) < 4.78 is 11.8. The van der Waals surface area contributed by atoms with Crippen molar-refractivity contribution < 1.29 is 14.7 Å². The Hall–Kier alpha value is -1.11. The number of halogens is 1. The lowest BCUT2D eigenvalue weighted by atomic mass is 10.2. The number of rotatable bonds is 7. The minimum atomic E-state index is -0.411. The molecule has 0 spiro atoms. The fourth-order valence-corrected chi connectivity index (χ4v) is 1.49. The van der Waals surface area contributed by atoms with Gasteiger partial charge in [0.2, 0.25) is 0 Å². The van der Waals surface area contributed by atoms with Gasteiger partial charge in [-0.1, -0.05) is 33.2 Å². The van der Waals surface area contributed by atoms with Gasteiger partial charge in [-0.2, -0.15) is 0 Å². The third kappa shape index (κ3) is 5.48. The van der Waals surface area contributed by atoms with E-state index in [1.165, 1.54) is 0 Å². The molecular formula is C12H17BrN2O3. The van der Waals surface area contributed by atoms with Gasteiger partial charge >= 0.3 is 0 Å². The van der Waals surface area contributed by atoms with E-state index in [1.807, 2.05) is 24.3 Å². The molecule has 3 N–H and O–H groups in total. The van der Waals surface area contributed by atoms with E-state index in [9.17, 15) is 0 Å². The van der Waals surface area contributed by atoms with Crippen LogP contribution in [0.4, 0.5) is 0 Å². The van der Waals surface area contributed by atoms with Gasteiger partial charge in [-0.15, -0.1) is 0 Å². The Labute approximate surface area is 115 Å². The Morgan fingerprint density at radius 1 is 1.39 bits per heavy atom. The molecule has 1 unspecified atom stereocenters. The van der Waals surface area contributed by atoms with Gasteiger partial charge in [0, 0.05) is 4.47 Å². The van der Waals surface area contributed by atoms with Crippen molar-refractivity contribution in [3.63, 3.8) is 0 Å². The van der Waals surface area contributed by atoms with Crippen LogP contribution in [0, 0.1) is 0 Å². The summed E-state index contributed by atoms with van der Waals surface area (Å²) in [6.07, 6.45) is -0.411. The van der Waals surface area contributed by atoms with E-state index in [0.29, 0.717) is 19.8 Å². The van der Waals surface area contributed by atoms with Gasteiger partial charge in [-0.25, -0.2) is 0 Å². The second kappa shape index (κ2) is 8.07. The number of oxime groups is 1. The summed E-state index contributed by atoms with van der Waals surface area (Å²) in [5.41, 5.74) is 6.47. The Morgan fingerprint density at radius 3 is 2.67 bits per heavy atom. The average Bonchev–Trinajstić information content (AvgIpc) is 2.39. The van der Waals surface area contributed by atoms with Crippen LogP contribution in [-0.2, 0) is 16.1 Å². The van der Waals surface area contributed by atoms with E-state index in [2.05, 4.69) is 21.1 Å². The van der Waals surface area contributed by atoms with Crippen LogP contribution in [-0.4, -0.2) is 30.4 Å². The van der Waals surface area contributed by atoms with Crippen LogP contribution in [0.3, 0.4) is 0 Å². The maximum Gasteiger partial charge on any atom is 0.168 e. The number of hydrogen-bond acceptors (Lipinski definition) is 4. The first-order valence-electron chi connectivity index (χ1n) is 5.54. The van der Waals surface area contributed by atoms with E-state index in [-0.39, 0.29) is 5.84 Å². The van der Waals surface area contributed by atoms with Crippen molar-refractivity contribution in [3.8, 4) is 0 Å². The van der Waals surface area contributed by atoms with E-state index in [0.717, 1.165) is 10.0 Å². The number of benzene rings is 1. The van der Waals surface area contributed by atoms with Crippen LogP contribution in [0.1, 0.15) is 12.5 Å². The quantitative estimate of drug-likeness (QED) is 0.265. The number of ether oxygens (including phenoxy) is 2. The van der Waals surface area contributed by atoms with Gasteiger partial charge in [0.05, 0.1) is 19.8 Å². The fourth-order valence-electron chi connectivity index (χ4n) is 1.22. The summed E-state index contributed by atoms with van der Waals surface area (Å²) in [6.45, 7) is 3.10. The van der Waals surface area contributed by atoms with Crippen LogP contribution < -0.4 is 5.73 Å². The Morgan fingerprint density at radius 2 is 2.06 bits per heavy atom. The zero-order valence-corrected chi connectivity index (χ0v) is 11.8. The molecule has 0 heterocycles. The van der Waals surface area contributed by atoms with E-state index in [1.54, 1.807) is 6.92 Å². The highest BCUT2D eigenvalue weighted by molar-refractivity contribution is 9.10. The molecule has 1 aromatic carbocycles. The molecule has 1 rings (SSSR count). The molecule has 0 aromatic heterocycles. The average molecular weight is 317 g/mol. The molecule has 0 amide bonds. The molecular weight excluding hydrogens is 300 g/mol. The second-order valence-electron chi connectivity index (χ2n) is 3.72. The first-order chi connectivity index (χ1) is 8.63. The van der Waals surface area contributed by atoms with Crippen LogP contribution in [0.15, 0.2) is 33.9 Å². The number of hydrogen-bond donors (Lipinski definition) is 2. The van der Waals surface area contributed by atoms with Crippen LogP contribution in [0.5, 0.6) is 0 Å². The number of nitrogens with two attached hydrogens (primary N) is 1. The minimum absolute atomic E-state index is 0.0582. The minimum Gasteiger partial charge on any atom is -0.409 e. The molecule has 100 valence electrons. The maximum absolute atomic E-state index is 8.43. The molecule has 0 saturated heterocycles. The summed E-state index contributed by atoms with van der Waals surface area (Å²) >= 11 is 3.37. The zero-order valence-electron chi connectivity index (χ0n) is 10.2. The Bertz CT molecular complexity index is 381. The fraction of sp³-hybridized carbons (Fsp3) is 0.417. The van der Waals surface area contributed by atoms with Crippen LogP contribution in [0.25, 0.3) is 0 Å². The molecule has 0 aliphatic heterocycles. The van der Waals surface area contributed by atoms with Crippen molar-refractivity contribution in [1.29, 1.82) is 0 Å². The summed E-state index contributed by atoms with van der Waals surface area (Å²) in [5.74, 6) is 0.0582. The van der Waals surface area contributed by atoms with Gasteiger partial charge in [0.1, 0.15) is 6.10 Å². The predicted molar refractivity (Wildman–Crippen MR) is 72.6 cm³/mol. The van der Waals surface area contributed by atoms with Crippen LogP contribution >= 0.6 is 15.9 Å². The summed E-state index contributed by atoms with van der Waals surface area (Å²) in [4.78, 5) is 0. The molecule has 0 aliphatic carbocycles. The van der Waals surface area contributed by atoms with Gasteiger partial charge in [-0.05, 0) is 24.6 Å². The summed E-state index contributed by atoms with van der Waals surface area (Å²) in [5, 5.41) is 11.3. The highest BCUT2D eigenvalue weighted by atomic mass is 79.9. The first kappa shape index (κ1) is 14.9. The largest absolute Gasteiger partial charge is 0.409 e. The second-order valence-corrected chi connectivity index (χ2v) is 4.63. The zero-order chi connectivity index (χ0) is 13.4. The Balaban J connectivity index is 2.14. The normalized spacial score (nSPS) is 13.6. The lowest BCUT2D eigenvalue weighted by Crippen LogP contribution is -2.29. The summed E-state index contributed by atoms with van der Waals surface area (Å²) in [7, 11) is 0. The van der Waals surface area contributed by atoms with E-state index >= 15 is 0 Å². The first-order valence-corrected chi connectivity index (χ1v) is 6.34. The van der Waals surface area contributed by atoms with E-state index < -0.39 is 6.10 Å². The third-order valence-electron chi connectivity index (χ3n) is 2.31. The SMILES string of the molecule is CC(OCCOCc1ccc(Br)cc1)/C(N)=N/O. The lowest BCUT2D eigenvalue weighted by Gasteiger charge is -2.11. The molecule has 6 heteroatoms. The maximum atomic E-state index is 8.43. The van der Waals surface area contributed by atoms with Crippen molar-refractivity contribution in [2.45, 2.75) is 19.6 Å². The number of nitrogens with zero attached hydrogens (tertiary/aromatic N) is 1. The molecule has 0 radical (unpaired) electrons. The topological polar surface area (TPSA) is 77.1 Å². The number of amidine groups is 1. The molecule has 1 atom stereocenters. The van der Waals surface area contributed by atoms with Gasteiger partial charge in [0.15, 0.2) is 5.84 Å². The highest BCUT2D eigenvalue weighted by Gasteiger charge is 2.06. The van der Waals surface area contributed by atoms with Crippen molar-refractivity contribution in [2.75, 3.05) is 13.2 Å². The standard InChI is InChI=1S/C12H17BrN2O3/c1-9(12(14)15-16)18-7-6-17-8-10-2-4-11(13)5-3-10/h2-5,9,16H,6-8H2,1H3,(H2,14,15). The molecule has 18 heavy (non-hydrogen) atoms. The summed E-state index contributed by atoms with van der Waals surface area (Å²) in [6, 6.07) is 7.92. The van der Waals surface area contributed by atoms with Crippen molar-refractivity contribution in [3.05, 3.63) is 34.3 Å². The lowest BCUT2D eigenvalue weighted by molar-refractivity contribution is 0.0282. The Kier molecular flexibility index (Phi) is 6.70. The monoisotopic (exact) mass is 316 g/mol. The van der Waals surface area contributed by atoms with E-state index in [4.69, 9.17) is 20.4 Å². The van der Waals surface area contributed by atoms with Crippen molar-refractivity contribution in [2.24, 2.45) is 10.9 Å². The molecule has 0 fully saturated rings. The van der Waals surface area contributed by atoms with Gasteiger partial charge in [-0.3, -0.25) is 0 Å². The smallest absolute Gasteiger partial charge is 0.168 e. The predicted octanol–water partition coefficient (Wildman–Crippen LogP) is 2.12. The highest BCUT2D eigenvalue weighted by Crippen LogP contribution is 2.11. The van der Waals surface area contributed by atoms with Crippen LogP contribution in [0.2, 0.25) is 0 Å². The third-order valence-corrected chi connectivity index (χ3v) is 2.84. The van der Waals surface area contributed by atoms with Crippen molar-refractivity contribution >= 4 is 21.8 Å². The molecule has 0 saturated carbocycles. The van der Waals surface area contributed by atoms with Gasteiger partial charge < -0.3 is 20.4 Å². The molecule has 1 aromatic rings. The molecule has 5 nitrogen and oxygen atoms in total. The molecule has 0 bridgehead atoms. The van der Waals surface area contributed by atoms with Crippen molar-refractivity contribution in [1.82, 2.24) is 0 Å². The molecule has 0 aliphatic rings.